The summed E-state index contributed by atoms with van der Waals surface area (Å²) in [7, 11) is 0. The van der Waals surface area contributed by atoms with E-state index >= 15 is 0 Å². The van der Waals surface area contributed by atoms with E-state index in [1.54, 1.807) is 6.20 Å². The lowest BCUT2D eigenvalue weighted by Gasteiger charge is -2.23. The molecule has 0 bridgehead atoms. The zero-order valence-electron chi connectivity index (χ0n) is 12.5. The van der Waals surface area contributed by atoms with Gasteiger partial charge in [-0.15, -0.1) is 0 Å². The number of carbonyl (C=O) groups is 1. The van der Waals surface area contributed by atoms with Gasteiger partial charge in [0.1, 0.15) is 11.6 Å². The summed E-state index contributed by atoms with van der Waals surface area (Å²) >= 11 is 0. The maximum Gasteiger partial charge on any atom is 0.150 e. The van der Waals surface area contributed by atoms with Crippen molar-refractivity contribution in [1.29, 1.82) is 0 Å². The molecule has 0 saturated heterocycles. The third kappa shape index (κ3) is 2.98. The molecule has 1 aromatic heterocycles. The number of carbonyl (C=O) groups excluding carboxylic acids is 1. The molecule has 0 atom stereocenters. The van der Waals surface area contributed by atoms with Crippen LogP contribution in [0.25, 0.3) is 0 Å². The third-order valence-corrected chi connectivity index (χ3v) is 3.78. The molecule has 1 heterocycles. The number of benzene rings is 1. The normalized spacial score (nSPS) is 11.6. The van der Waals surface area contributed by atoms with Crippen molar-refractivity contribution in [2.45, 2.75) is 45.6 Å². The number of rotatable bonds is 6. The fourth-order valence-corrected chi connectivity index (χ4v) is 2.33. The summed E-state index contributed by atoms with van der Waals surface area (Å²) in [6.45, 7) is 7.00. The first-order valence-electron chi connectivity index (χ1n) is 7.14. The molecule has 0 fully saturated rings. The van der Waals surface area contributed by atoms with Crippen molar-refractivity contribution in [3.05, 3.63) is 54.1 Å². The molecule has 0 aliphatic heterocycles. The predicted molar refractivity (Wildman–Crippen MR) is 80.7 cm³/mol. The summed E-state index contributed by atoms with van der Waals surface area (Å²) in [6, 6.07) is 9.94. The van der Waals surface area contributed by atoms with Crippen LogP contribution in [-0.4, -0.2) is 15.3 Å². The van der Waals surface area contributed by atoms with Gasteiger partial charge in [-0.05, 0) is 25.8 Å². The largest absolute Gasteiger partial charge is 0.335 e. The monoisotopic (exact) mass is 270 g/mol. The van der Waals surface area contributed by atoms with Gasteiger partial charge in [0.05, 0.1) is 6.42 Å². The lowest BCUT2D eigenvalue weighted by atomic mass is 9.79. The Bertz CT molecular complexity index is 570. The maximum absolute atomic E-state index is 12.6. The minimum absolute atomic E-state index is 0.201. The second-order valence-corrected chi connectivity index (χ2v) is 5.63. The maximum atomic E-state index is 12.6. The summed E-state index contributed by atoms with van der Waals surface area (Å²) in [5, 5.41) is 0. The molecule has 1 aromatic carbocycles. The average Bonchev–Trinajstić information content (AvgIpc) is 2.87. The number of nitrogens with zero attached hydrogens (tertiary/aromatic N) is 2. The van der Waals surface area contributed by atoms with Gasteiger partial charge in [0.15, 0.2) is 0 Å². The number of Topliss-reactive ketones (excluding diaryl/α,β-unsaturated/α-hetero) is 1. The van der Waals surface area contributed by atoms with E-state index in [4.69, 9.17) is 0 Å². The molecule has 3 heteroatoms. The van der Waals surface area contributed by atoms with Gasteiger partial charge in [-0.2, -0.15) is 0 Å². The van der Waals surface area contributed by atoms with Crippen molar-refractivity contribution < 1.29 is 4.79 Å². The van der Waals surface area contributed by atoms with Crippen molar-refractivity contribution in [2.24, 2.45) is 0 Å². The number of hydrogen-bond acceptors (Lipinski definition) is 2. The highest BCUT2D eigenvalue weighted by Crippen LogP contribution is 2.25. The van der Waals surface area contributed by atoms with Crippen LogP contribution in [-0.2, 0) is 23.2 Å². The zero-order chi connectivity index (χ0) is 14.6. The number of hydrogen-bond donors (Lipinski definition) is 0. The Labute approximate surface area is 120 Å². The van der Waals surface area contributed by atoms with E-state index in [-0.39, 0.29) is 5.78 Å². The first kappa shape index (κ1) is 14.5. The number of ketones is 1. The lowest BCUT2D eigenvalue weighted by Crippen LogP contribution is -2.31. The Morgan fingerprint density at radius 2 is 1.95 bits per heavy atom. The Balaban J connectivity index is 2.17. The Kier molecular flexibility index (Phi) is 4.38. The van der Waals surface area contributed by atoms with Gasteiger partial charge >= 0.3 is 0 Å². The molecule has 0 unspecified atom stereocenters. The Morgan fingerprint density at radius 3 is 2.60 bits per heavy atom. The van der Waals surface area contributed by atoms with E-state index < -0.39 is 5.41 Å². The van der Waals surface area contributed by atoms with E-state index in [0.717, 1.165) is 24.4 Å². The summed E-state index contributed by atoms with van der Waals surface area (Å²) in [5.74, 6) is 1.06. The number of aromatic nitrogens is 2. The molecule has 2 rings (SSSR count). The first-order chi connectivity index (χ1) is 9.55. The molecular formula is C17H22N2O. The van der Waals surface area contributed by atoms with Gasteiger partial charge < -0.3 is 4.57 Å². The average molecular weight is 270 g/mol. The number of aryl methyl sites for hydroxylation is 1. The Hall–Kier alpha value is -1.90. The van der Waals surface area contributed by atoms with E-state index in [1.807, 2.05) is 50.4 Å². The van der Waals surface area contributed by atoms with Crippen LogP contribution < -0.4 is 0 Å². The van der Waals surface area contributed by atoms with Crippen molar-refractivity contribution >= 4 is 5.78 Å². The minimum Gasteiger partial charge on any atom is -0.335 e. The van der Waals surface area contributed by atoms with E-state index in [1.165, 1.54) is 0 Å². The second-order valence-electron chi connectivity index (χ2n) is 5.63. The van der Waals surface area contributed by atoms with Crippen LogP contribution in [0.3, 0.4) is 0 Å². The summed E-state index contributed by atoms with van der Waals surface area (Å²) in [6.07, 6.45) is 5.14. The van der Waals surface area contributed by atoms with Gasteiger partial charge in [-0.3, -0.25) is 4.79 Å². The highest BCUT2D eigenvalue weighted by Gasteiger charge is 2.30. The zero-order valence-corrected chi connectivity index (χ0v) is 12.5. The second kappa shape index (κ2) is 6.04. The molecule has 0 aliphatic carbocycles. The van der Waals surface area contributed by atoms with Crippen LogP contribution in [0.4, 0.5) is 0 Å². The molecule has 106 valence electrons. The fourth-order valence-electron chi connectivity index (χ4n) is 2.33. The van der Waals surface area contributed by atoms with E-state index in [0.29, 0.717) is 6.42 Å². The van der Waals surface area contributed by atoms with Gasteiger partial charge in [-0.1, -0.05) is 37.3 Å². The van der Waals surface area contributed by atoms with Gasteiger partial charge in [-0.25, -0.2) is 4.98 Å². The predicted octanol–water partition coefficient (Wildman–Crippen LogP) is 3.38. The molecule has 2 aromatic rings. The van der Waals surface area contributed by atoms with Crippen LogP contribution in [0.1, 0.15) is 38.6 Å². The number of imidazole rings is 1. The minimum atomic E-state index is -0.482. The van der Waals surface area contributed by atoms with Crippen molar-refractivity contribution in [3.63, 3.8) is 0 Å². The molecule has 0 N–H and O–H groups in total. The van der Waals surface area contributed by atoms with Crippen LogP contribution in [0.2, 0.25) is 0 Å². The molecule has 0 radical (unpaired) electrons. The van der Waals surface area contributed by atoms with Gasteiger partial charge in [0.25, 0.3) is 0 Å². The molecule has 3 nitrogen and oxygen atoms in total. The molecule has 20 heavy (non-hydrogen) atoms. The topological polar surface area (TPSA) is 34.9 Å². The molecule has 0 saturated carbocycles. The summed E-state index contributed by atoms with van der Waals surface area (Å²) in [4.78, 5) is 17.0. The van der Waals surface area contributed by atoms with Crippen molar-refractivity contribution in [1.82, 2.24) is 9.55 Å². The van der Waals surface area contributed by atoms with Crippen LogP contribution >= 0.6 is 0 Å². The van der Waals surface area contributed by atoms with Crippen LogP contribution in [0.5, 0.6) is 0 Å². The fraction of sp³-hybridized carbons (Fsp3) is 0.412. The Morgan fingerprint density at radius 1 is 1.25 bits per heavy atom. The van der Waals surface area contributed by atoms with E-state index in [9.17, 15) is 4.79 Å². The molecular weight excluding hydrogens is 248 g/mol. The standard InChI is InChI=1S/C17H22N2O/c1-4-11-19-12-10-18-16(19)13-15(20)17(2,3)14-8-6-5-7-9-14/h5-10,12H,4,11,13H2,1-3H3. The van der Waals surface area contributed by atoms with Crippen LogP contribution in [0, 0.1) is 0 Å². The van der Waals surface area contributed by atoms with Crippen molar-refractivity contribution in [3.8, 4) is 0 Å². The highest BCUT2D eigenvalue weighted by molar-refractivity contribution is 5.90. The van der Waals surface area contributed by atoms with Crippen LogP contribution in [0.15, 0.2) is 42.7 Å². The molecule has 0 spiro atoms. The quantitative estimate of drug-likeness (QED) is 0.806. The molecule has 0 aliphatic rings. The van der Waals surface area contributed by atoms with Crippen molar-refractivity contribution in [2.75, 3.05) is 0 Å². The van der Waals surface area contributed by atoms with Gasteiger partial charge in [0, 0.05) is 24.4 Å². The van der Waals surface area contributed by atoms with Gasteiger partial charge in [0.2, 0.25) is 0 Å². The first-order valence-corrected chi connectivity index (χ1v) is 7.14. The lowest BCUT2D eigenvalue weighted by molar-refractivity contribution is -0.123. The highest BCUT2D eigenvalue weighted by atomic mass is 16.1. The smallest absolute Gasteiger partial charge is 0.150 e. The summed E-state index contributed by atoms with van der Waals surface area (Å²) in [5.41, 5.74) is 0.572. The van der Waals surface area contributed by atoms with E-state index in [2.05, 4.69) is 16.5 Å². The SMILES string of the molecule is CCCn1ccnc1CC(=O)C(C)(C)c1ccccc1. The summed E-state index contributed by atoms with van der Waals surface area (Å²) < 4.78 is 2.07. The molecule has 0 amide bonds. The third-order valence-electron chi connectivity index (χ3n) is 3.78.